The van der Waals surface area contributed by atoms with Crippen molar-refractivity contribution in [3.8, 4) is 11.4 Å². The molecular formula is C28H32N4O2. The SMILES string of the molecule is CC[C@@H](C)c1ccc(OCC(=O)Nc2cc3nn(-c4ccc(C(C)C)cc4)nc3cc2C)cc1. The van der Waals surface area contributed by atoms with Crippen LogP contribution in [0.25, 0.3) is 16.7 Å². The first-order valence-corrected chi connectivity index (χ1v) is 11.8. The van der Waals surface area contributed by atoms with Gasteiger partial charge in [-0.15, -0.1) is 10.2 Å². The van der Waals surface area contributed by atoms with Crippen molar-refractivity contribution in [3.63, 3.8) is 0 Å². The van der Waals surface area contributed by atoms with E-state index in [-0.39, 0.29) is 12.5 Å². The molecule has 4 aromatic rings. The summed E-state index contributed by atoms with van der Waals surface area (Å²) in [6, 6.07) is 20.0. The van der Waals surface area contributed by atoms with E-state index in [1.54, 1.807) is 4.80 Å². The van der Waals surface area contributed by atoms with Gasteiger partial charge >= 0.3 is 0 Å². The van der Waals surface area contributed by atoms with Gasteiger partial charge in [0.05, 0.1) is 5.69 Å². The highest BCUT2D eigenvalue weighted by atomic mass is 16.5. The fourth-order valence-corrected chi connectivity index (χ4v) is 3.77. The van der Waals surface area contributed by atoms with Crippen LogP contribution in [0, 0.1) is 6.92 Å². The van der Waals surface area contributed by atoms with Crippen LogP contribution in [-0.4, -0.2) is 27.5 Å². The number of anilines is 1. The average molecular weight is 457 g/mol. The molecule has 3 aromatic carbocycles. The highest BCUT2D eigenvalue weighted by molar-refractivity contribution is 5.95. The molecule has 0 bridgehead atoms. The zero-order valence-corrected chi connectivity index (χ0v) is 20.5. The molecule has 4 rings (SSSR count). The van der Waals surface area contributed by atoms with Crippen LogP contribution in [0.3, 0.4) is 0 Å². The highest BCUT2D eigenvalue weighted by Crippen LogP contribution is 2.24. The second-order valence-corrected chi connectivity index (χ2v) is 9.11. The van der Waals surface area contributed by atoms with Gasteiger partial charge in [-0.1, -0.05) is 52.0 Å². The number of hydrogen-bond acceptors (Lipinski definition) is 4. The van der Waals surface area contributed by atoms with Crippen molar-refractivity contribution >= 4 is 22.6 Å². The molecule has 0 saturated heterocycles. The normalized spacial score (nSPS) is 12.2. The summed E-state index contributed by atoms with van der Waals surface area (Å²) >= 11 is 0. The first kappa shape index (κ1) is 23.5. The van der Waals surface area contributed by atoms with Crippen molar-refractivity contribution in [1.29, 1.82) is 0 Å². The Bertz CT molecular complexity index is 1270. The summed E-state index contributed by atoms with van der Waals surface area (Å²) in [6.07, 6.45) is 1.09. The summed E-state index contributed by atoms with van der Waals surface area (Å²) in [5.41, 5.74) is 6.56. The molecule has 0 aliphatic rings. The maximum atomic E-state index is 12.5. The molecule has 1 aromatic heterocycles. The minimum atomic E-state index is -0.217. The molecule has 0 aliphatic carbocycles. The Morgan fingerprint density at radius 1 is 0.941 bits per heavy atom. The van der Waals surface area contributed by atoms with Gasteiger partial charge in [0.25, 0.3) is 5.91 Å². The average Bonchev–Trinajstić information content (AvgIpc) is 3.25. The number of nitrogens with one attached hydrogen (secondary N) is 1. The number of ether oxygens (including phenoxy) is 1. The molecule has 6 heteroatoms. The number of benzene rings is 3. The van der Waals surface area contributed by atoms with E-state index in [0.717, 1.165) is 28.7 Å². The van der Waals surface area contributed by atoms with Crippen LogP contribution in [0.5, 0.6) is 5.75 Å². The summed E-state index contributed by atoms with van der Waals surface area (Å²) in [7, 11) is 0. The molecule has 1 heterocycles. The lowest BCUT2D eigenvalue weighted by Crippen LogP contribution is -2.20. The van der Waals surface area contributed by atoms with E-state index >= 15 is 0 Å². The highest BCUT2D eigenvalue weighted by Gasteiger charge is 2.12. The maximum absolute atomic E-state index is 12.5. The smallest absolute Gasteiger partial charge is 0.262 e. The molecule has 0 spiro atoms. The Balaban J connectivity index is 1.43. The number of carbonyl (C=O) groups is 1. The Kier molecular flexibility index (Phi) is 6.96. The third kappa shape index (κ3) is 5.28. The van der Waals surface area contributed by atoms with Crippen molar-refractivity contribution < 1.29 is 9.53 Å². The predicted octanol–water partition coefficient (Wildman–Crippen LogP) is 6.38. The zero-order chi connectivity index (χ0) is 24.2. The van der Waals surface area contributed by atoms with Crippen LogP contribution >= 0.6 is 0 Å². The van der Waals surface area contributed by atoms with Gasteiger partial charge in [-0.05, 0) is 78.3 Å². The predicted molar refractivity (Wildman–Crippen MR) is 137 cm³/mol. The van der Waals surface area contributed by atoms with E-state index in [0.29, 0.717) is 23.3 Å². The topological polar surface area (TPSA) is 69.0 Å². The van der Waals surface area contributed by atoms with E-state index in [2.05, 4.69) is 67.5 Å². The first-order chi connectivity index (χ1) is 16.3. The Hall–Kier alpha value is -3.67. The van der Waals surface area contributed by atoms with Gasteiger partial charge < -0.3 is 10.1 Å². The summed E-state index contributed by atoms with van der Waals surface area (Å²) < 4.78 is 5.68. The van der Waals surface area contributed by atoms with Crippen molar-refractivity contribution in [2.75, 3.05) is 11.9 Å². The van der Waals surface area contributed by atoms with Gasteiger partial charge in [0.1, 0.15) is 16.8 Å². The number of amides is 1. The van der Waals surface area contributed by atoms with Gasteiger partial charge in [0, 0.05) is 5.69 Å². The lowest BCUT2D eigenvalue weighted by Gasteiger charge is -2.11. The summed E-state index contributed by atoms with van der Waals surface area (Å²) in [4.78, 5) is 14.2. The summed E-state index contributed by atoms with van der Waals surface area (Å²) in [6.45, 7) is 10.6. The lowest BCUT2D eigenvalue weighted by molar-refractivity contribution is -0.118. The maximum Gasteiger partial charge on any atom is 0.262 e. The Morgan fingerprint density at radius 2 is 1.56 bits per heavy atom. The Labute approximate surface area is 200 Å². The van der Waals surface area contributed by atoms with E-state index in [1.807, 2.05) is 43.3 Å². The van der Waals surface area contributed by atoms with E-state index in [4.69, 9.17) is 4.74 Å². The standard InChI is InChI=1S/C28H32N4O2/c1-6-19(4)22-9-13-24(14-10-22)34-17-28(33)29-25-16-27-26(15-20(25)5)30-32(31-27)23-11-7-21(8-12-23)18(2)3/h7-16,18-19H,6,17H2,1-5H3,(H,29,33)/t19-/m1/s1. The van der Waals surface area contributed by atoms with Crippen LogP contribution in [-0.2, 0) is 4.79 Å². The van der Waals surface area contributed by atoms with Gasteiger partial charge in [-0.2, -0.15) is 4.80 Å². The number of hydrogen-bond donors (Lipinski definition) is 1. The molecule has 34 heavy (non-hydrogen) atoms. The quantitative estimate of drug-likeness (QED) is 0.334. The monoisotopic (exact) mass is 456 g/mol. The molecule has 6 nitrogen and oxygen atoms in total. The molecule has 0 saturated carbocycles. The van der Waals surface area contributed by atoms with Crippen LogP contribution in [0.15, 0.2) is 60.7 Å². The van der Waals surface area contributed by atoms with Gasteiger partial charge in [0.15, 0.2) is 6.61 Å². The van der Waals surface area contributed by atoms with Crippen LogP contribution in [0.4, 0.5) is 5.69 Å². The van der Waals surface area contributed by atoms with Crippen LogP contribution in [0.2, 0.25) is 0 Å². The fourth-order valence-electron chi connectivity index (χ4n) is 3.77. The fraction of sp³-hybridized carbons (Fsp3) is 0.321. The summed E-state index contributed by atoms with van der Waals surface area (Å²) in [5.74, 6) is 1.44. The lowest BCUT2D eigenvalue weighted by atomic mass is 9.99. The first-order valence-electron chi connectivity index (χ1n) is 11.8. The molecule has 0 unspecified atom stereocenters. The van der Waals surface area contributed by atoms with Gasteiger partial charge in [-0.3, -0.25) is 4.79 Å². The molecular weight excluding hydrogens is 424 g/mol. The minimum absolute atomic E-state index is 0.0605. The Morgan fingerprint density at radius 3 is 2.18 bits per heavy atom. The molecule has 0 fully saturated rings. The van der Waals surface area contributed by atoms with E-state index in [1.165, 1.54) is 11.1 Å². The minimum Gasteiger partial charge on any atom is -0.484 e. The molecule has 176 valence electrons. The third-order valence-electron chi connectivity index (χ3n) is 6.22. The molecule has 0 radical (unpaired) electrons. The zero-order valence-electron chi connectivity index (χ0n) is 20.5. The van der Waals surface area contributed by atoms with E-state index < -0.39 is 0 Å². The van der Waals surface area contributed by atoms with Crippen molar-refractivity contribution in [3.05, 3.63) is 77.4 Å². The third-order valence-corrected chi connectivity index (χ3v) is 6.22. The van der Waals surface area contributed by atoms with Gasteiger partial charge in [-0.25, -0.2) is 0 Å². The second kappa shape index (κ2) is 10.1. The number of nitrogens with zero attached hydrogens (tertiary/aromatic N) is 3. The molecule has 1 N–H and O–H groups in total. The van der Waals surface area contributed by atoms with Crippen molar-refractivity contribution in [1.82, 2.24) is 15.0 Å². The number of rotatable bonds is 8. The second-order valence-electron chi connectivity index (χ2n) is 9.11. The number of aromatic nitrogens is 3. The molecule has 1 atom stereocenters. The van der Waals surface area contributed by atoms with E-state index in [9.17, 15) is 4.79 Å². The van der Waals surface area contributed by atoms with Gasteiger partial charge in [0.2, 0.25) is 0 Å². The largest absolute Gasteiger partial charge is 0.484 e. The van der Waals surface area contributed by atoms with Crippen LogP contribution < -0.4 is 10.1 Å². The number of aryl methyl sites for hydroxylation is 1. The van der Waals surface area contributed by atoms with Crippen molar-refractivity contribution in [2.24, 2.45) is 0 Å². The molecule has 0 aliphatic heterocycles. The molecule has 1 amide bonds. The number of carbonyl (C=O) groups excluding carboxylic acids is 1. The van der Waals surface area contributed by atoms with Crippen molar-refractivity contribution in [2.45, 2.75) is 52.9 Å². The number of fused-ring (bicyclic) bond motifs is 1. The van der Waals surface area contributed by atoms with Crippen LogP contribution in [0.1, 0.15) is 62.6 Å². The summed E-state index contributed by atoms with van der Waals surface area (Å²) in [5, 5.41) is 12.2.